The number of aromatic nitrogens is 4. The molecule has 4 aromatic rings. The predicted octanol–water partition coefficient (Wildman–Crippen LogP) is 34.5. The molecule has 4 aromatic heterocycles. The maximum atomic E-state index is 7.42. The summed E-state index contributed by atoms with van der Waals surface area (Å²) in [4.78, 5) is 21.1. The van der Waals surface area contributed by atoms with E-state index in [0.717, 1.165) is 61.5 Å². The van der Waals surface area contributed by atoms with E-state index in [1.165, 1.54) is 121 Å². The summed E-state index contributed by atoms with van der Waals surface area (Å²) in [5, 5.41) is 0. The first-order valence-electron chi connectivity index (χ1n) is 40.9. The summed E-state index contributed by atoms with van der Waals surface area (Å²) >= 11 is 0. The van der Waals surface area contributed by atoms with E-state index in [4.69, 9.17) is 22.9 Å². The fourth-order valence-corrected chi connectivity index (χ4v) is 4.87. The van der Waals surface area contributed by atoms with Gasteiger partial charge in [0.15, 0.2) is 0 Å². The predicted molar refractivity (Wildman–Crippen MR) is 525 cm³/mol. The van der Waals surface area contributed by atoms with E-state index in [0.29, 0.717) is 24.9 Å². The molecule has 6 rings (SSSR count). The molecule has 2 saturated carbocycles. The molecule has 2 fully saturated rings. The smallest absolute Gasteiger partial charge is 0.679 e. The Morgan fingerprint density at radius 3 is 0.479 bits per heavy atom. The van der Waals surface area contributed by atoms with E-state index in [-0.39, 0.29) is 156 Å². The summed E-state index contributed by atoms with van der Waals surface area (Å²) in [7, 11) is 8.35. The summed E-state index contributed by atoms with van der Waals surface area (Å²) in [5.41, 5.74) is 31.3. The molecule has 119 heavy (non-hydrogen) atoms. The Morgan fingerprint density at radius 2 is 0.412 bits per heavy atom. The maximum Gasteiger partial charge on any atom is 4.00 e. The van der Waals surface area contributed by atoms with Gasteiger partial charge in [-0.2, -0.15) is 328 Å². The molecule has 0 saturated heterocycles. The largest absolute Gasteiger partial charge is 4.00 e. The monoisotopic (exact) mass is 2480 g/mol. The molecule has 0 radical (unpaired) electrons. The summed E-state index contributed by atoms with van der Waals surface area (Å²) < 4.78 is 0. The molecule has 4 atom stereocenters. The average Bonchev–Trinajstić information content (AvgIpc) is 0.896. The number of nitrogens with one attached hydrogen (secondary N) is 4. The van der Waals surface area contributed by atoms with Gasteiger partial charge in [-0.1, -0.05) is 75.6 Å². The number of rotatable bonds is 7. The number of pyridine rings is 4. The minimum absolute atomic E-state index is 0. The van der Waals surface area contributed by atoms with Gasteiger partial charge in [-0.25, -0.2) is 12.8 Å². The van der Waals surface area contributed by atoms with E-state index in [1.807, 2.05) is 72.8 Å². The van der Waals surface area contributed by atoms with Crippen molar-refractivity contribution in [2.45, 2.75) is 367 Å². The van der Waals surface area contributed by atoms with Crippen LogP contribution in [0, 0.1) is 122 Å². The maximum absolute atomic E-state index is 7.42. The average molecular weight is 2490 g/mol. The molecule has 2 aliphatic carbocycles. The van der Waals surface area contributed by atoms with Crippen LogP contribution in [0.4, 0.5) is 0 Å². The van der Waals surface area contributed by atoms with Crippen molar-refractivity contribution in [3.63, 3.8) is 0 Å². The van der Waals surface area contributed by atoms with Gasteiger partial charge in [0, 0.05) is 120 Å². The molecule has 17 heteroatoms. The number of likely N-dealkylation sites (N-methyl/N-ethyl adjacent to an activating group) is 2. The third-order valence-corrected chi connectivity index (χ3v) is 8.35. The van der Waals surface area contributed by atoms with Gasteiger partial charge in [0.2, 0.25) is 0 Å². The van der Waals surface area contributed by atoms with E-state index < -0.39 is 0 Å². The van der Waals surface area contributed by atoms with Crippen LogP contribution in [0.2, 0.25) is 0 Å². The van der Waals surface area contributed by atoms with Gasteiger partial charge in [-0.05, 0) is 76.7 Å². The number of hydrogen-bond donors (Lipinski definition) is 0. The van der Waals surface area contributed by atoms with E-state index in [1.54, 1.807) is 24.8 Å². The Kier molecular flexibility index (Phi) is 215. The Morgan fingerprint density at radius 1 is 0.294 bits per heavy atom. The zero-order valence-corrected chi connectivity index (χ0v) is 98.5. The second-order valence-corrected chi connectivity index (χ2v) is 35.0. The van der Waals surface area contributed by atoms with Gasteiger partial charge in [0.1, 0.15) is 0 Å². The summed E-state index contributed by atoms with van der Waals surface area (Å²) in [6.45, 7) is 105. The number of nitrogens with zero attached hydrogens (tertiary/aromatic N) is 6. The Labute approximate surface area is 852 Å². The van der Waals surface area contributed by atoms with Crippen LogP contribution in [0.5, 0.6) is 0 Å². The van der Waals surface area contributed by atoms with Gasteiger partial charge in [0.25, 0.3) is 0 Å². The van der Waals surface area contributed by atoms with Gasteiger partial charge in [-0.15, -0.1) is 0 Å². The van der Waals surface area contributed by atoms with Crippen molar-refractivity contribution in [1.82, 2.24) is 29.7 Å². The van der Waals surface area contributed by atoms with Crippen molar-refractivity contribution >= 4 is 0 Å². The zero-order valence-electron chi connectivity index (χ0n) is 86.2. The molecule has 0 bridgehead atoms. The van der Waals surface area contributed by atoms with Crippen molar-refractivity contribution in [3.05, 3.63) is 231 Å². The summed E-state index contributed by atoms with van der Waals surface area (Å²) in [6, 6.07) is 23.5. The fourth-order valence-electron chi connectivity index (χ4n) is 4.87. The van der Waals surface area contributed by atoms with E-state index in [2.05, 4.69) is 376 Å². The molecule has 0 aromatic carbocycles. The second-order valence-electron chi connectivity index (χ2n) is 35.0. The third-order valence-electron chi connectivity index (χ3n) is 8.35. The van der Waals surface area contributed by atoms with Gasteiger partial charge in [0.05, 0.1) is 22.8 Å². The van der Waals surface area contributed by atoms with Crippen molar-refractivity contribution in [2.24, 2.45) is 11.8 Å². The molecule has 0 amide bonds. The SMILES string of the molecule is CN(C)CCN(C)C.C[C-](C)C.C[C-](C)C.C[C-](C)C.C[C-](C)C.C[C-](C)C.C[C-](C)C.C[C-](C)C.C[C-](C)C.C[C-](C)C.C[C-](C)C.C[C-](C)C.C[C-](C)C.C[C-](C)C.C[C-](C)C.[CH2-]CC[NH-].[CH2-]CC[NH-].[CH2-][C@@H]1CCCC[C@@H]1[NH-].[CH2-][C@H]1CCCC[C@@H]1[NH-].[Pd+2].[Pd].[Pd].[Pd].[Pd].[Pt+2].[Pt+4].c1ccc(-c2ccccn2)nc1.c1ccc(-c2ccccn2)nc1. The fraction of sp³-hybridized carbons (Fsp3) is 0.627. The van der Waals surface area contributed by atoms with E-state index >= 15 is 0 Å². The van der Waals surface area contributed by atoms with Crippen LogP contribution in [0.3, 0.4) is 0 Å². The normalized spacial score (nSPS) is 12.8. The first-order chi connectivity index (χ1) is 51.2. The van der Waals surface area contributed by atoms with Crippen LogP contribution in [0.15, 0.2) is 97.6 Å². The minimum atomic E-state index is 0. The topological polar surface area (TPSA) is 153 Å². The summed E-state index contributed by atoms with van der Waals surface area (Å²) in [5.74, 6) is 20.7. The van der Waals surface area contributed by atoms with Crippen LogP contribution >= 0.6 is 0 Å². The van der Waals surface area contributed by atoms with Gasteiger partial charge >= 0.3 is 62.6 Å². The standard InChI is InChI=1S/2C10H8N2.2C7H13N.C6H16N2.14C4H9.2C3H7N.5Pd.2Pt/c2*1-3-7-11-9(5-1)10-6-2-4-8-12-10;2*1-6-4-2-3-5-7(6)8;1-7(2)5-6-8(3)4;14*1-4(2)3;2*1-2-3-4;;;;;;;/h2*1-8H;2*6-8H,1-5H2;5-6H2,1-4H3;14*1-3H3;2*4H,1-3H2;;;;;;;/q;;2*-2;;14*-1;2*-2;;;;;2*+2;+4/t;;6-,7+;6-,7-;;;;;;;;;;;;;;;;;;;;;;;;/m..10......................../s1. The van der Waals surface area contributed by atoms with Crippen molar-refractivity contribution < 1.29 is 144 Å². The van der Waals surface area contributed by atoms with Crippen molar-refractivity contribution in [2.75, 3.05) is 54.4 Å². The van der Waals surface area contributed by atoms with Gasteiger partial charge < -0.3 is 143 Å². The molecule has 740 valence electrons. The van der Waals surface area contributed by atoms with Crippen LogP contribution < -0.4 is 0 Å². The minimum Gasteiger partial charge on any atom is -0.679 e. The molecule has 0 aliphatic heterocycles. The van der Waals surface area contributed by atoms with Crippen LogP contribution in [-0.4, -0.2) is 96.2 Å². The molecular weight excluding hydrogens is 2290 g/mol. The molecule has 2 aliphatic rings. The quantitative estimate of drug-likeness (QED) is 0.133. The third kappa shape index (κ3) is 332. The summed E-state index contributed by atoms with van der Waals surface area (Å²) in [6.07, 6.45) is 18.1. The van der Waals surface area contributed by atoms with E-state index in [9.17, 15) is 0 Å². The first kappa shape index (κ1) is 177. The van der Waals surface area contributed by atoms with Crippen LogP contribution in [-0.2, 0) is 144 Å². The van der Waals surface area contributed by atoms with Crippen LogP contribution in [0.1, 0.15) is 355 Å². The zero-order chi connectivity index (χ0) is 91.9. The molecule has 0 spiro atoms. The molecular formula is C102H198N10Pd5Pt2-14. The Hall–Kier alpha value is 1.05. The molecule has 4 N–H and O–H groups in total. The van der Waals surface area contributed by atoms with Crippen molar-refractivity contribution in [1.29, 1.82) is 0 Å². The second kappa shape index (κ2) is 145. The van der Waals surface area contributed by atoms with Gasteiger partial charge in [-0.3, -0.25) is 19.9 Å². The Balaban J connectivity index is -0.0000000421. The van der Waals surface area contributed by atoms with Crippen molar-refractivity contribution in [3.8, 4) is 22.8 Å². The number of hydrogen-bond acceptors (Lipinski definition) is 6. The molecule has 4 heterocycles. The molecule has 0 unspecified atom stereocenters. The first-order valence-corrected chi connectivity index (χ1v) is 40.9. The van der Waals surface area contributed by atoms with Crippen LogP contribution in [0.25, 0.3) is 45.7 Å². The Bertz CT molecular complexity index is 1690. The molecule has 10 nitrogen and oxygen atoms in total.